The highest BCUT2D eigenvalue weighted by Gasteiger charge is 2.16. The molecular weight excluding hydrogens is 284 g/mol. The number of nitrogens with one attached hydrogen (secondary N) is 2. The average molecular weight is 304 g/mol. The number of carbonyl (C=O) groups is 1. The first-order valence-corrected chi connectivity index (χ1v) is 7.73. The van der Waals surface area contributed by atoms with Crippen LogP contribution in [0, 0.1) is 5.92 Å². The predicted octanol–water partition coefficient (Wildman–Crippen LogP) is 4.74. The van der Waals surface area contributed by atoms with Crippen LogP contribution in [0.3, 0.4) is 0 Å². The topological polar surface area (TPSA) is 50.4 Å². The number of hydrogen-bond acceptors (Lipinski definition) is 4. The van der Waals surface area contributed by atoms with Gasteiger partial charge in [-0.2, -0.15) is 0 Å². The van der Waals surface area contributed by atoms with Gasteiger partial charge in [-0.25, -0.2) is 4.79 Å². The molecule has 1 unspecified atom stereocenters. The fourth-order valence-electron chi connectivity index (χ4n) is 2.07. The normalized spacial score (nSPS) is 12.0. The van der Waals surface area contributed by atoms with Crippen molar-refractivity contribution in [1.29, 1.82) is 0 Å². The summed E-state index contributed by atoms with van der Waals surface area (Å²) in [5, 5.41) is 8.29. The largest absolute Gasteiger partial charge is 0.453 e. The Bertz CT molecular complexity index is 582. The monoisotopic (exact) mass is 304 g/mol. The Morgan fingerprint density at radius 1 is 1.19 bits per heavy atom. The number of ether oxygens (including phenoxy) is 1. The number of carbonyl (C=O) groups excluding carboxylic acids is 1. The zero-order chi connectivity index (χ0) is 15.2. The molecule has 0 aliphatic heterocycles. The molecule has 0 spiro atoms. The summed E-state index contributed by atoms with van der Waals surface area (Å²) in [5.41, 5.74) is 1.68. The van der Waals surface area contributed by atoms with Crippen LogP contribution in [0.4, 0.5) is 16.2 Å². The van der Waals surface area contributed by atoms with Crippen molar-refractivity contribution in [2.24, 2.45) is 5.92 Å². The first-order chi connectivity index (χ1) is 10.1. The van der Waals surface area contributed by atoms with E-state index in [9.17, 15) is 4.79 Å². The summed E-state index contributed by atoms with van der Waals surface area (Å²) in [6.07, 6.45) is -0.467. The molecule has 0 radical (unpaired) electrons. The number of thiophene rings is 1. The number of hydrogen-bond donors (Lipinski definition) is 2. The summed E-state index contributed by atoms with van der Waals surface area (Å²) >= 11 is 1.74. The van der Waals surface area contributed by atoms with Crippen molar-refractivity contribution in [3.63, 3.8) is 0 Å². The van der Waals surface area contributed by atoms with E-state index in [0.717, 1.165) is 5.69 Å². The molecule has 2 N–H and O–H groups in total. The van der Waals surface area contributed by atoms with Crippen molar-refractivity contribution in [3.05, 3.63) is 46.7 Å². The Hall–Kier alpha value is -2.01. The maximum atomic E-state index is 11.3. The van der Waals surface area contributed by atoms with Gasteiger partial charge in [-0.3, -0.25) is 5.32 Å². The van der Waals surface area contributed by atoms with E-state index in [1.165, 1.54) is 12.0 Å². The Labute approximate surface area is 129 Å². The van der Waals surface area contributed by atoms with E-state index < -0.39 is 6.09 Å². The Balaban J connectivity index is 2.14. The minimum absolute atomic E-state index is 0.248. The van der Waals surface area contributed by atoms with Gasteiger partial charge in [-0.05, 0) is 35.6 Å². The third-order valence-electron chi connectivity index (χ3n) is 3.13. The molecule has 1 amide bonds. The van der Waals surface area contributed by atoms with Crippen molar-refractivity contribution < 1.29 is 9.53 Å². The molecule has 112 valence electrons. The molecule has 0 bridgehead atoms. The van der Waals surface area contributed by atoms with Crippen molar-refractivity contribution >= 4 is 28.8 Å². The van der Waals surface area contributed by atoms with Gasteiger partial charge in [0, 0.05) is 16.3 Å². The third-order valence-corrected chi connectivity index (χ3v) is 4.09. The zero-order valence-corrected chi connectivity index (χ0v) is 13.2. The van der Waals surface area contributed by atoms with Gasteiger partial charge in [-0.1, -0.05) is 26.0 Å². The number of amides is 1. The highest BCUT2D eigenvalue weighted by molar-refractivity contribution is 7.10. The molecule has 2 aromatic rings. The van der Waals surface area contributed by atoms with Gasteiger partial charge in [0.15, 0.2) is 0 Å². The fraction of sp³-hybridized carbons (Fsp3) is 0.312. The molecule has 1 heterocycles. The van der Waals surface area contributed by atoms with Crippen LogP contribution in [0.25, 0.3) is 0 Å². The zero-order valence-electron chi connectivity index (χ0n) is 12.4. The second-order valence-electron chi connectivity index (χ2n) is 5.08. The second kappa shape index (κ2) is 7.13. The maximum absolute atomic E-state index is 11.3. The second-order valence-corrected chi connectivity index (χ2v) is 6.06. The van der Waals surface area contributed by atoms with Crippen molar-refractivity contribution in [3.8, 4) is 0 Å². The van der Waals surface area contributed by atoms with Gasteiger partial charge in [-0.15, -0.1) is 11.3 Å². The molecule has 4 nitrogen and oxygen atoms in total. The first kappa shape index (κ1) is 15.4. The summed E-state index contributed by atoms with van der Waals surface area (Å²) in [4.78, 5) is 12.6. The lowest BCUT2D eigenvalue weighted by molar-refractivity contribution is 0.187. The molecular formula is C16H20N2O2S. The van der Waals surface area contributed by atoms with Crippen LogP contribution in [0.15, 0.2) is 41.8 Å². The van der Waals surface area contributed by atoms with Gasteiger partial charge >= 0.3 is 6.09 Å². The summed E-state index contributed by atoms with van der Waals surface area (Å²) in [6, 6.07) is 12.1. The van der Waals surface area contributed by atoms with Gasteiger partial charge in [0.05, 0.1) is 13.2 Å². The van der Waals surface area contributed by atoms with Crippen LogP contribution in [0.1, 0.15) is 24.8 Å². The molecule has 21 heavy (non-hydrogen) atoms. The minimum Gasteiger partial charge on any atom is -0.453 e. The quantitative estimate of drug-likeness (QED) is 0.839. The molecule has 0 saturated heterocycles. The van der Waals surface area contributed by atoms with Crippen LogP contribution < -0.4 is 10.6 Å². The standard InChI is InChI=1S/C16H20N2O2S/c1-11(2)15(14-8-5-9-21-14)17-12-6-4-7-13(10-12)18-16(19)20-3/h4-11,15,17H,1-3H3,(H,18,19). The number of rotatable bonds is 5. The maximum Gasteiger partial charge on any atom is 0.411 e. The number of benzene rings is 1. The third kappa shape index (κ3) is 4.23. The molecule has 0 saturated carbocycles. The van der Waals surface area contributed by atoms with Crippen LogP contribution in [0.5, 0.6) is 0 Å². The molecule has 1 atom stereocenters. The van der Waals surface area contributed by atoms with Gasteiger partial charge < -0.3 is 10.1 Å². The summed E-state index contributed by atoms with van der Waals surface area (Å²) in [5.74, 6) is 0.459. The van der Waals surface area contributed by atoms with Crippen molar-refractivity contribution in [1.82, 2.24) is 0 Å². The van der Waals surface area contributed by atoms with E-state index in [0.29, 0.717) is 11.6 Å². The molecule has 5 heteroatoms. The predicted molar refractivity (Wildman–Crippen MR) is 88.0 cm³/mol. The summed E-state index contributed by atoms with van der Waals surface area (Å²) in [7, 11) is 1.35. The lowest BCUT2D eigenvalue weighted by Gasteiger charge is -2.22. The van der Waals surface area contributed by atoms with Crippen LogP contribution in [-0.4, -0.2) is 13.2 Å². The summed E-state index contributed by atoms with van der Waals surface area (Å²) < 4.78 is 4.60. The Morgan fingerprint density at radius 2 is 1.95 bits per heavy atom. The van der Waals surface area contributed by atoms with E-state index in [1.54, 1.807) is 11.3 Å². The highest BCUT2D eigenvalue weighted by atomic mass is 32.1. The van der Waals surface area contributed by atoms with Crippen molar-refractivity contribution in [2.75, 3.05) is 17.7 Å². The Kier molecular flexibility index (Phi) is 5.22. The molecule has 0 fully saturated rings. The van der Waals surface area contributed by atoms with Crippen LogP contribution in [0.2, 0.25) is 0 Å². The van der Waals surface area contributed by atoms with E-state index in [2.05, 4.69) is 46.7 Å². The van der Waals surface area contributed by atoms with E-state index in [1.807, 2.05) is 24.3 Å². The smallest absolute Gasteiger partial charge is 0.411 e. The average Bonchev–Trinajstić information content (AvgIpc) is 2.98. The highest BCUT2D eigenvalue weighted by Crippen LogP contribution is 2.30. The molecule has 1 aromatic carbocycles. The van der Waals surface area contributed by atoms with E-state index in [4.69, 9.17) is 0 Å². The van der Waals surface area contributed by atoms with E-state index >= 15 is 0 Å². The van der Waals surface area contributed by atoms with Crippen LogP contribution in [-0.2, 0) is 4.74 Å². The minimum atomic E-state index is -0.467. The molecule has 0 aliphatic rings. The molecule has 2 rings (SSSR count). The lowest BCUT2D eigenvalue weighted by atomic mass is 10.0. The molecule has 0 aliphatic carbocycles. The van der Waals surface area contributed by atoms with Crippen LogP contribution >= 0.6 is 11.3 Å². The van der Waals surface area contributed by atoms with E-state index in [-0.39, 0.29) is 6.04 Å². The lowest BCUT2D eigenvalue weighted by Crippen LogP contribution is -2.16. The van der Waals surface area contributed by atoms with Gasteiger partial charge in [0.2, 0.25) is 0 Å². The number of methoxy groups -OCH3 is 1. The molecule has 1 aromatic heterocycles. The first-order valence-electron chi connectivity index (χ1n) is 6.85. The van der Waals surface area contributed by atoms with Crippen molar-refractivity contribution in [2.45, 2.75) is 19.9 Å². The van der Waals surface area contributed by atoms with Gasteiger partial charge in [0.1, 0.15) is 0 Å². The summed E-state index contributed by atoms with van der Waals surface area (Å²) in [6.45, 7) is 4.38. The Morgan fingerprint density at radius 3 is 2.57 bits per heavy atom. The van der Waals surface area contributed by atoms with Gasteiger partial charge in [0.25, 0.3) is 0 Å². The number of anilines is 2. The fourth-order valence-corrected chi connectivity index (χ4v) is 3.02. The SMILES string of the molecule is COC(=O)Nc1cccc(NC(c2cccs2)C(C)C)c1.